The first-order chi connectivity index (χ1) is 12.7. The van der Waals surface area contributed by atoms with Crippen LogP contribution >= 0.6 is 0 Å². The van der Waals surface area contributed by atoms with Crippen molar-refractivity contribution in [3.8, 4) is 11.5 Å². The summed E-state index contributed by atoms with van der Waals surface area (Å²) in [6.45, 7) is 3.47. The van der Waals surface area contributed by atoms with Gasteiger partial charge in [0.15, 0.2) is 0 Å². The molecule has 0 saturated carbocycles. The zero-order valence-electron chi connectivity index (χ0n) is 14.8. The molecule has 0 aromatic heterocycles. The highest BCUT2D eigenvalue weighted by Crippen LogP contribution is 2.24. The van der Waals surface area contributed by atoms with Crippen molar-refractivity contribution < 1.29 is 9.53 Å². The maximum absolute atomic E-state index is 12.8. The summed E-state index contributed by atoms with van der Waals surface area (Å²) in [6.07, 6.45) is 0.913. The van der Waals surface area contributed by atoms with Crippen LogP contribution in [0.25, 0.3) is 0 Å². The molecule has 1 amide bonds. The Balaban J connectivity index is 1.46. The normalized spacial score (nSPS) is 13.2. The van der Waals surface area contributed by atoms with Gasteiger partial charge in [-0.3, -0.25) is 4.79 Å². The summed E-state index contributed by atoms with van der Waals surface area (Å²) in [5.41, 5.74) is 4.44. The lowest BCUT2D eigenvalue weighted by molar-refractivity contribution is 0.0734. The summed E-state index contributed by atoms with van der Waals surface area (Å²) in [5.74, 6) is 1.61. The van der Waals surface area contributed by atoms with Crippen LogP contribution in [0.2, 0.25) is 0 Å². The third kappa shape index (κ3) is 3.47. The van der Waals surface area contributed by atoms with E-state index in [-0.39, 0.29) is 5.91 Å². The predicted octanol–water partition coefficient (Wildman–Crippen LogP) is 4.99. The van der Waals surface area contributed by atoms with Gasteiger partial charge in [-0.2, -0.15) is 0 Å². The van der Waals surface area contributed by atoms with E-state index in [1.807, 2.05) is 66.4 Å². The number of hydrogen-bond acceptors (Lipinski definition) is 2. The summed E-state index contributed by atoms with van der Waals surface area (Å²) in [5, 5.41) is 0. The number of carbonyl (C=O) groups is 1. The first kappa shape index (κ1) is 16.4. The van der Waals surface area contributed by atoms with Crippen molar-refractivity contribution in [2.24, 2.45) is 0 Å². The molecule has 0 unspecified atom stereocenters. The van der Waals surface area contributed by atoms with Gasteiger partial charge in [-0.1, -0.05) is 36.4 Å². The van der Waals surface area contributed by atoms with Gasteiger partial charge in [-0.25, -0.2) is 0 Å². The molecule has 4 rings (SSSR count). The fourth-order valence-electron chi connectivity index (χ4n) is 3.33. The number of ether oxygens (including phenoxy) is 1. The van der Waals surface area contributed by atoms with Gasteiger partial charge >= 0.3 is 0 Å². The van der Waals surface area contributed by atoms with E-state index < -0.39 is 0 Å². The quantitative estimate of drug-likeness (QED) is 0.671. The van der Waals surface area contributed by atoms with Gasteiger partial charge in [-0.05, 0) is 66.4 Å². The van der Waals surface area contributed by atoms with Crippen molar-refractivity contribution in [2.45, 2.75) is 19.9 Å². The van der Waals surface area contributed by atoms with Crippen molar-refractivity contribution >= 4 is 5.91 Å². The molecule has 1 aliphatic rings. The molecule has 0 spiro atoms. The van der Waals surface area contributed by atoms with E-state index in [4.69, 9.17) is 4.74 Å². The van der Waals surface area contributed by atoms with Crippen LogP contribution in [0.5, 0.6) is 11.5 Å². The molecule has 0 radical (unpaired) electrons. The topological polar surface area (TPSA) is 29.5 Å². The summed E-state index contributed by atoms with van der Waals surface area (Å²) < 4.78 is 5.86. The van der Waals surface area contributed by atoms with Crippen LogP contribution in [0.3, 0.4) is 0 Å². The van der Waals surface area contributed by atoms with Crippen LogP contribution in [-0.2, 0) is 13.0 Å². The Kier molecular flexibility index (Phi) is 4.44. The second-order valence-electron chi connectivity index (χ2n) is 6.69. The fourth-order valence-corrected chi connectivity index (χ4v) is 3.33. The second-order valence-corrected chi connectivity index (χ2v) is 6.69. The lowest BCUT2D eigenvalue weighted by Crippen LogP contribution is -2.35. The van der Waals surface area contributed by atoms with E-state index in [0.29, 0.717) is 12.1 Å². The van der Waals surface area contributed by atoms with Crippen LogP contribution in [-0.4, -0.2) is 17.4 Å². The van der Waals surface area contributed by atoms with Crippen molar-refractivity contribution in [1.29, 1.82) is 0 Å². The lowest BCUT2D eigenvalue weighted by Gasteiger charge is -2.29. The van der Waals surface area contributed by atoms with E-state index >= 15 is 0 Å². The number of carbonyl (C=O) groups excluding carboxylic acids is 1. The smallest absolute Gasteiger partial charge is 0.254 e. The van der Waals surface area contributed by atoms with Crippen LogP contribution < -0.4 is 4.74 Å². The first-order valence-corrected chi connectivity index (χ1v) is 8.90. The van der Waals surface area contributed by atoms with Gasteiger partial charge < -0.3 is 9.64 Å². The van der Waals surface area contributed by atoms with Gasteiger partial charge in [0.2, 0.25) is 0 Å². The molecular formula is C23H21NO2. The van der Waals surface area contributed by atoms with Crippen molar-refractivity contribution in [3.05, 3.63) is 95.1 Å². The van der Waals surface area contributed by atoms with Crippen molar-refractivity contribution in [2.75, 3.05) is 6.54 Å². The van der Waals surface area contributed by atoms with E-state index in [1.54, 1.807) is 0 Å². The first-order valence-electron chi connectivity index (χ1n) is 8.90. The monoisotopic (exact) mass is 343 g/mol. The molecule has 0 N–H and O–H groups in total. The maximum atomic E-state index is 12.8. The molecule has 130 valence electrons. The Labute approximate surface area is 153 Å². The van der Waals surface area contributed by atoms with Crippen LogP contribution in [0.1, 0.15) is 27.0 Å². The van der Waals surface area contributed by atoms with Gasteiger partial charge in [0.05, 0.1) is 0 Å². The molecule has 3 aromatic carbocycles. The molecule has 26 heavy (non-hydrogen) atoms. The van der Waals surface area contributed by atoms with Crippen molar-refractivity contribution in [3.63, 3.8) is 0 Å². The van der Waals surface area contributed by atoms with E-state index in [2.05, 4.69) is 18.2 Å². The zero-order chi connectivity index (χ0) is 17.9. The minimum absolute atomic E-state index is 0.0709. The lowest BCUT2D eigenvalue weighted by atomic mass is 9.99. The summed E-state index contributed by atoms with van der Waals surface area (Å²) in [7, 11) is 0. The number of aryl methyl sites for hydroxylation is 1. The van der Waals surface area contributed by atoms with E-state index in [9.17, 15) is 4.79 Å². The van der Waals surface area contributed by atoms with Gasteiger partial charge in [0.25, 0.3) is 5.91 Å². The summed E-state index contributed by atoms with van der Waals surface area (Å²) in [6, 6.07) is 23.7. The molecular weight excluding hydrogens is 322 g/mol. The molecule has 1 aliphatic heterocycles. The van der Waals surface area contributed by atoms with Gasteiger partial charge in [0, 0.05) is 18.7 Å². The third-order valence-corrected chi connectivity index (χ3v) is 4.74. The van der Waals surface area contributed by atoms with Gasteiger partial charge in [0.1, 0.15) is 11.5 Å². The Bertz CT molecular complexity index is 931. The Morgan fingerprint density at radius 1 is 0.885 bits per heavy atom. The number of hydrogen-bond donors (Lipinski definition) is 0. The average molecular weight is 343 g/mol. The molecule has 1 heterocycles. The summed E-state index contributed by atoms with van der Waals surface area (Å²) >= 11 is 0. The highest BCUT2D eigenvalue weighted by molar-refractivity contribution is 5.94. The molecule has 0 aliphatic carbocycles. The Hall–Kier alpha value is -3.07. The second kappa shape index (κ2) is 7.04. The Morgan fingerprint density at radius 2 is 1.65 bits per heavy atom. The third-order valence-electron chi connectivity index (χ3n) is 4.74. The Morgan fingerprint density at radius 3 is 2.42 bits per heavy atom. The van der Waals surface area contributed by atoms with E-state index in [0.717, 1.165) is 30.0 Å². The predicted molar refractivity (Wildman–Crippen MR) is 103 cm³/mol. The number of rotatable bonds is 3. The molecule has 3 aromatic rings. The maximum Gasteiger partial charge on any atom is 0.254 e. The molecule has 0 bridgehead atoms. The standard InChI is InChI=1S/C23H21NO2/c1-17-5-4-8-22(15-17)26-21-11-9-19(10-12-21)23(25)24-14-13-18-6-2-3-7-20(18)16-24/h2-12,15H,13-14,16H2,1H3. The molecule has 3 nitrogen and oxygen atoms in total. The van der Waals surface area contributed by atoms with Crippen LogP contribution in [0, 0.1) is 6.92 Å². The van der Waals surface area contributed by atoms with Crippen molar-refractivity contribution in [1.82, 2.24) is 4.90 Å². The van der Waals surface area contributed by atoms with Crippen LogP contribution in [0.15, 0.2) is 72.8 Å². The molecule has 0 fully saturated rings. The van der Waals surface area contributed by atoms with Gasteiger partial charge in [-0.15, -0.1) is 0 Å². The number of amides is 1. The SMILES string of the molecule is Cc1cccc(Oc2ccc(C(=O)N3CCc4ccccc4C3)cc2)c1. The summed E-state index contributed by atoms with van der Waals surface area (Å²) in [4.78, 5) is 14.7. The molecule has 3 heteroatoms. The minimum atomic E-state index is 0.0709. The highest BCUT2D eigenvalue weighted by Gasteiger charge is 2.21. The number of nitrogens with zero attached hydrogens (tertiary/aromatic N) is 1. The average Bonchev–Trinajstić information content (AvgIpc) is 2.68. The molecule has 0 saturated heterocycles. The highest BCUT2D eigenvalue weighted by atomic mass is 16.5. The number of benzene rings is 3. The largest absolute Gasteiger partial charge is 0.457 e. The van der Waals surface area contributed by atoms with Crippen LogP contribution in [0.4, 0.5) is 0 Å². The minimum Gasteiger partial charge on any atom is -0.457 e. The van der Waals surface area contributed by atoms with E-state index in [1.165, 1.54) is 11.1 Å². The number of fused-ring (bicyclic) bond motifs is 1. The fraction of sp³-hybridized carbons (Fsp3) is 0.174. The molecule has 0 atom stereocenters. The zero-order valence-corrected chi connectivity index (χ0v) is 14.8.